The van der Waals surface area contributed by atoms with Crippen LogP contribution in [0.25, 0.3) is 10.8 Å². The minimum absolute atomic E-state index is 0.133. The van der Waals surface area contributed by atoms with Gasteiger partial charge in [-0.2, -0.15) is 0 Å². The van der Waals surface area contributed by atoms with Crippen LogP contribution in [0.5, 0.6) is 5.75 Å². The summed E-state index contributed by atoms with van der Waals surface area (Å²) in [6.45, 7) is 3.99. The highest BCUT2D eigenvalue weighted by atomic mass is 16.5. The molecule has 0 amide bonds. The summed E-state index contributed by atoms with van der Waals surface area (Å²) in [7, 11) is 0. The Morgan fingerprint density at radius 1 is 1.12 bits per heavy atom. The summed E-state index contributed by atoms with van der Waals surface area (Å²) in [4.78, 5) is 0. The van der Waals surface area contributed by atoms with Crippen molar-refractivity contribution in [2.24, 2.45) is 0 Å². The first-order valence-electron chi connectivity index (χ1n) is 5.37. The Labute approximate surface area is 96.1 Å². The molecule has 80 valence electrons. The van der Waals surface area contributed by atoms with Gasteiger partial charge in [-0.05, 0) is 25.3 Å². The normalized spacial score (nSPS) is 10.4. The highest BCUT2D eigenvalue weighted by Crippen LogP contribution is 2.27. The van der Waals surface area contributed by atoms with Gasteiger partial charge in [-0.15, -0.1) is 6.42 Å². The average Bonchev–Trinajstić information content (AvgIpc) is 2.28. The summed E-state index contributed by atoms with van der Waals surface area (Å²) in [6.07, 6.45) is 5.70. The molecule has 1 heteroatoms. The Hall–Kier alpha value is -1.94. The Balaban J connectivity index is 2.64. The molecule has 0 fully saturated rings. The molecule has 0 spiro atoms. The molecule has 0 aliphatic carbocycles. The van der Waals surface area contributed by atoms with Crippen molar-refractivity contribution in [2.75, 3.05) is 0 Å². The molecule has 0 radical (unpaired) electrons. The highest BCUT2D eigenvalue weighted by molar-refractivity contribution is 5.90. The summed E-state index contributed by atoms with van der Waals surface area (Å²) in [5.41, 5.74) is 0.840. The van der Waals surface area contributed by atoms with E-state index in [1.54, 1.807) is 0 Å². The van der Waals surface area contributed by atoms with E-state index in [0.29, 0.717) is 0 Å². The van der Waals surface area contributed by atoms with Gasteiger partial charge in [-0.25, -0.2) is 0 Å². The van der Waals surface area contributed by atoms with E-state index in [2.05, 4.69) is 12.0 Å². The molecular weight excluding hydrogens is 196 g/mol. The zero-order valence-corrected chi connectivity index (χ0v) is 9.53. The van der Waals surface area contributed by atoms with Crippen molar-refractivity contribution in [2.45, 2.75) is 20.0 Å². The molecule has 16 heavy (non-hydrogen) atoms. The molecule has 0 unspecified atom stereocenters. The van der Waals surface area contributed by atoms with Gasteiger partial charge in [-0.1, -0.05) is 36.3 Å². The number of terminal acetylenes is 1. The summed E-state index contributed by atoms with van der Waals surface area (Å²) < 4.78 is 5.70. The minimum Gasteiger partial charge on any atom is -0.490 e. The lowest BCUT2D eigenvalue weighted by Crippen LogP contribution is -2.06. The molecular formula is C15H14O. The van der Waals surface area contributed by atoms with Crippen LogP contribution in [-0.2, 0) is 0 Å². The van der Waals surface area contributed by atoms with Crippen molar-refractivity contribution in [3.63, 3.8) is 0 Å². The van der Waals surface area contributed by atoms with E-state index in [4.69, 9.17) is 11.2 Å². The summed E-state index contributed by atoms with van der Waals surface area (Å²) in [6, 6.07) is 12.0. The molecule has 2 aromatic carbocycles. The van der Waals surface area contributed by atoms with Crippen LogP contribution >= 0.6 is 0 Å². The second-order valence-corrected chi connectivity index (χ2v) is 3.97. The van der Waals surface area contributed by atoms with Crippen LogP contribution in [-0.4, -0.2) is 6.10 Å². The predicted molar refractivity (Wildman–Crippen MR) is 67.6 cm³/mol. The van der Waals surface area contributed by atoms with Crippen molar-refractivity contribution in [1.29, 1.82) is 0 Å². The van der Waals surface area contributed by atoms with E-state index >= 15 is 0 Å². The number of ether oxygens (including phenoxy) is 1. The molecule has 0 bridgehead atoms. The maximum Gasteiger partial charge on any atom is 0.135 e. The van der Waals surface area contributed by atoms with Crippen molar-refractivity contribution in [3.8, 4) is 18.1 Å². The van der Waals surface area contributed by atoms with Crippen molar-refractivity contribution in [1.82, 2.24) is 0 Å². The van der Waals surface area contributed by atoms with Gasteiger partial charge in [0.05, 0.1) is 11.7 Å². The van der Waals surface area contributed by atoms with Crippen LogP contribution < -0.4 is 4.74 Å². The molecule has 0 atom stereocenters. The van der Waals surface area contributed by atoms with Crippen LogP contribution in [0.3, 0.4) is 0 Å². The molecule has 0 N–H and O–H groups in total. The van der Waals surface area contributed by atoms with Crippen LogP contribution in [0.2, 0.25) is 0 Å². The first kappa shape index (κ1) is 10.6. The van der Waals surface area contributed by atoms with Gasteiger partial charge in [0.2, 0.25) is 0 Å². The fourth-order valence-electron chi connectivity index (χ4n) is 1.75. The molecule has 1 nitrogen and oxygen atoms in total. The maximum atomic E-state index is 5.70. The third-order valence-electron chi connectivity index (χ3n) is 2.40. The minimum atomic E-state index is 0.133. The maximum absolute atomic E-state index is 5.70. The molecule has 0 aliphatic rings. The molecule has 0 aliphatic heterocycles. The van der Waals surface area contributed by atoms with Crippen LogP contribution in [0.4, 0.5) is 0 Å². The quantitative estimate of drug-likeness (QED) is 0.688. The Morgan fingerprint density at radius 2 is 1.88 bits per heavy atom. The van der Waals surface area contributed by atoms with E-state index in [1.807, 2.05) is 44.2 Å². The molecule has 2 aromatic rings. The smallest absolute Gasteiger partial charge is 0.135 e. The Morgan fingerprint density at radius 3 is 2.56 bits per heavy atom. The second-order valence-electron chi connectivity index (χ2n) is 3.97. The topological polar surface area (TPSA) is 9.23 Å². The van der Waals surface area contributed by atoms with E-state index in [0.717, 1.165) is 22.1 Å². The van der Waals surface area contributed by atoms with Gasteiger partial charge in [-0.3, -0.25) is 0 Å². The first-order valence-corrected chi connectivity index (χ1v) is 5.37. The third kappa shape index (κ3) is 1.87. The van der Waals surface area contributed by atoms with Crippen molar-refractivity contribution >= 4 is 10.8 Å². The van der Waals surface area contributed by atoms with Gasteiger partial charge in [0.15, 0.2) is 0 Å². The average molecular weight is 210 g/mol. The number of hydrogen-bond donors (Lipinski definition) is 0. The Kier molecular flexibility index (Phi) is 2.83. The van der Waals surface area contributed by atoms with Crippen LogP contribution in [0.15, 0.2) is 36.4 Å². The largest absolute Gasteiger partial charge is 0.490 e. The van der Waals surface area contributed by atoms with Gasteiger partial charge >= 0.3 is 0 Å². The second kappa shape index (κ2) is 4.28. The number of hydrogen-bond acceptors (Lipinski definition) is 1. The molecule has 2 rings (SSSR count). The third-order valence-corrected chi connectivity index (χ3v) is 2.40. The number of fused-ring (bicyclic) bond motifs is 1. The highest BCUT2D eigenvalue weighted by Gasteiger charge is 2.07. The Bertz CT molecular complexity index is 547. The van der Waals surface area contributed by atoms with Gasteiger partial charge < -0.3 is 4.74 Å². The summed E-state index contributed by atoms with van der Waals surface area (Å²) >= 11 is 0. The molecule has 0 heterocycles. The van der Waals surface area contributed by atoms with E-state index < -0.39 is 0 Å². The lowest BCUT2D eigenvalue weighted by molar-refractivity contribution is 0.242. The number of rotatable bonds is 2. The molecule has 0 saturated heterocycles. The van der Waals surface area contributed by atoms with Crippen molar-refractivity contribution in [3.05, 3.63) is 42.0 Å². The van der Waals surface area contributed by atoms with Gasteiger partial charge in [0.1, 0.15) is 5.75 Å². The van der Waals surface area contributed by atoms with Gasteiger partial charge in [0.25, 0.3) is 0 Å². The van der Waals surface area contributed by atoms with E-state index in [9.17, 15) is 0 Å². The van der Waals surface area contributed by atoms with Crippen LogP contribution in [0.1, 0.15) is 19.4 Å². The zero-order chi connectivity index (χ0) is 11.5. The predicted octanol–water partition coefficient (Wildman–Crippen LogP) is 3.61. The zero-order valence-electron chi connectivity index (χ0n) is 9.53. The van der Waals surface area contributed by atoms with Crippen molar-refractivity contribution < 1.29 is 4.74 Å². The van der Waals surface area contributed by atoms with E-state index in [1.165, 1.54) is 0 Å². The van der Waals surface area contributed by atoms with E-state index in [-0.39, 0.29) is 6.10 Å². The SMILES string of the molecule is C#Cc1c(OC(C)C)ccc2ccccc12. The number of benzene rings is 2. The summed E-state index contributed by atoms with van der Waals surface area (Å²) in [5.74, 6) is 3.51. The lowest BCUT2D eigenvalue weighted by atomic mass is 10.0. The fourth-order valence-corrected chi connectivity index (χ4v) is 1.75. The van der Waals surface area contributed by atoms with Crippen LogP contribution in [0, 0.1) is 12.3 Å². The lowest BCUT2D eigenvalue weighted by Gasteiger charge is -2.13. The molecule has 0 aromatic heterocycles. The standard InChI is InChI=1S/C15H14O/c1-4-13-14-8-6-5-7-12(14)9-10-15(13)16-11(2)3/h1,5-11H,2-3H3. The summed E-state index contributed by atoms with van der Waals surface area (Å²) in [5, 5.41) is 2.22. The van der Waals surface area contributed by atoms with Gasteiger partial charge in [0, 0.05) is 5.39 Å². The monoisotopic (exact) mass is 210 g/mol. The molecule has 0 saturated carbocycles. The first-order chi connectivity index (χ1) is 7.72. The fraction of sp³-hybridized carbons (Fsp3) is 0.200.